The molecular formula is C8H4BrNO3. The molecule has 1 N–H and O–H groups in total. The predicted octanol–water partition coefficient (Wildman–Crippen LogP) is 2.29. The standard InChI is InChI=1S/C8H4BrNO3/c9-7-6-4(8(11)12)2-1-3-5(6)13-10-7/h1-3H,(H,11,12). The molecule has 0 radical (unpaired) electrons. The van der Waals surface area contributed by atoms with Crippen molar-refractivity contribution in [3.05, 3.63) is 28.4 Å². The molecule has 0 atom stereocenters. The zero-order chi connectivity index (χ0) is 9.42. The molecule has 0 saturated carbocycles. The van der Waals surface area contributed by atoms with Gasteiger partial charge in [-0.1, -0.05) is 11.2 Å². The molecule has 0 amide bonds. The Hall–Kier alpha value is -1.36. The smallest absolute Gasteiger partial charge is 0.336 e. The Morgan fingerprint density at radius 2 is 2.31 bits per heavy atom. The molecule has 0 unspecified atom stereocenters. The van der Waals surface area contributed by atoms with Gasteiger partial charge in [0.2, 0.25) is 0 Å². The summed E-state index contributed by atoms with van der Waals surface area (Å²) < 4.78 is 5.30. The van der Waals surface area contributed by atoms with E-state index in [9.17, 15) is 4.79 Å². The highest BCUT2D eigenvalue weighted by Crippen LogP contribution is 2.26. The van der Waals surface area contributed by atoms with Gasteiger partial charge in [0.15, 0.2) is 10.2 Å². The number of halogens is 1. The van der Waals surface area contributed by atoms with Gasteiger partial charge in [-0.15, -0.1) is 0 Å². The summed E-state index contributed by atoms with van der Waals surface area (Å²) in [7, 11) is 0. The van der Waals surface area contributed by atoms with Crippen molar-refractivity contribution in [3.8, 4) is 0 Å². The first-order valence-electron chi connectivity index (χ1n) is 3.47. The maximum atomic E-state index is 10.8. The van der Waals surface area contributed by atoms with Gasteiger partial charge in [-0.25, -0.2) is 4.79 Å². The van der Waals surface area contributed by atoms with Crippen molar-refractivity contribution >= 4 is 32.9 Å². The van der Waals surface area contributed by atoms with Gasteiger partial charge >= 0.3 is 5.97 Å². The number of rotatable bonds is 1. The predicted molar refractivity (Wildman–Crippen MR) is 48.7 cm³/mol. The van der Waals surface area contributed by atoms with Gasteiger partial charge in [0, 0.05) is 0 Å². The Labute approximate surface area is 81.3 Å². The third kappa shape index (κ3) is 1.21. The quantitative estimate of drug-likeness (QED) is 0.833. The summed E-state index contributed by atoms with van der Waals surface area (Å²) in [5, 5.41) is 12.9. The van der Waals surface area contributed by atoms with Crippen LogP contribution < -0.4 is 0 Å². The Morgan fingerprint density at radius 3 is 3.00 bits per heavy atom. The van der Waals surface area contributed by atoms with E-state index in [0.717, 1.165) is 0 Å². The van der Waals surface area contributed by atoms with Crippen molar-refractivity contribution in [1.29, 1.82) is 0 Å². The van der Waals surface area contributed by atoms with E-state index in [-0.39, 0.29) is 5.56 Å². The minimum atomic E-state index is -0.991. The third-order valence-corrected chi connectivity index (χ3v) is 2.23. The lowest BCUT2D eigenvalue weighted by molar-refractivity contribution is 0.0699. The van der Waals surface area contributed by atoms with Crippen molar-refractivity contribution in [2.45, 2.75) is 0 Å². The number of aromatic carboxylic acids is 1. The molecule has 0 fully saturated rings. The van der Waals surface area contributed by atoms with Crippen LogP contribution in [0.1, 0.15) is 10.4 Å². The molecule has 1 heterocycles. The molecule has 0 aliphatic carbocycles. The maximum Gasteiger partial charge on any atom is 0.336 e. The van der Waals surface area contributed by atoms with Crippen LogP contribution in [0.15, 0.2) is 27.3 Å². The van der Waals surface area contributed by atoms with Gasteiger partial charge < -0.3 is 9.63 Å². The van der Waals surface area contributed by atoms with Crippen LogP contribution in [0.5, 0.6) is 0 Å². The molecule has 2 aromatic rings. The molecule has 0 spiro atoms. The van der Waals surface area contributed by atoms with Gasteiger partial charge in [-0.3, -0.25) is 0 Å². The van der Waals surface area contributed by atoms with Crippen molar-refractivity contribution in [1.82, 2.24) is 5.16 Å². The van der Waals surface area contributed by atoms with E-state index in [1.54, 1.807) is 12.1 Å². The van der Waals surface area contributed by atoms with Gasteiger partial charge in [0.25, 0.3) is 0 Å². The molecule has 4 nitrogen and oxygen atoms in total. The zero-order valence-corrected chi connectivity index (χ0v) is 7.91. The number of aromatic nitrogens is 1. The van der Waals surface area contributed by atoms with Crippen molar-refractivity contribution in [2.75, 3.05) is 0 Å². The van der Waals surface area contributed by atoms with Crippen LogP contribution in [0.3, 0.4) is 0 Å². The molecule has 2 rings (SSSR count). The van der Waals surface area contributed by atoms with Crippen LogP contribution >= 0.6 is 15.9 Å². The van der Waals surface area contributed by atoms with E-state index < -0.39 is 5.97 Å². The summed E-state index contributed by atoms with van der Waals surface area (Å²) in [5.74, 6) is -0.991. The van der Waals surface area contributed by atoms with E-state index in [1.165, 1.54) is 6.07 Å². The Balaban J connectivity index is 2.88. The number of fused-ring (bicyclic) bond motifs is 1. The number of carboxylic acids is 1. The van der Waals surface area contributed by atoms with Gasteiger partial charge in [0.05, 0.1) is 10.9 Å². The average Bonchev–Trinajstić information content (AvgIpc) is 2.48. The number of hydrogen-bond donors (Lipinski definition) is 1. The number of carbonyl (C=O) groups is 1. The highest BCUT2D eigenvalue weighted by Gasteiger charge is 2.14. The number of carboxylic acid groups (broad SMARTS) is 1. The van der Waals surface area contributed by atoms with Crippen LogP contribution in [0, 0.1) is 0 Å². The zero-order valence-electron chi connectivity index (χ0n) is 6.32. The molecule has 5 heteroatoms. The summed E-state index contributed by atoms with van der Waals surface area (Å²) in [4.78, 5) is 10.8. The summed E-state index contributed by atoms with van der Waals surface area (Å²) in [6, 6.07) is 4.79. The Bertz CT molecular complexity index is 477. The lowest BCUT2D eigenvalue weighted by Gasteiger charge is -1.93. The monoisotopic (exact) mass is 241 g/mol. The second kappa shape index (κ2) is 2.85. The normalized spacial score (nSPS) is 10.5. The molecule has 66 valence electrons. The number of benzene rings is 1. The maximum absolute atomic E-state index is 10.8. The molecule has 0 bridgehead atoms. The fourth-order valence-electron chi connectivity index (χ4n) is 1.13. The highest BCUT2D eigenvalue weighted by atomic mass is 79.9. The van der Waals surface area contributed by atoms with E-state index in [1.807, 2.05) is 0 Å². The highest BCUT2D eigenvalue weighted by molar-refractivity contribution is 9.10. The summed E-state index contributed by atoms with van der Waals surface area (Å²) in [5.41, 5.74) is 0.650. The van der Waals surface area contributed by atoms with Crippen molar-refractivity contribution in [2.24, 2.45) is 0 Å². The van der Waals surface area contributed by atoms with Crippen molar-refractivity contribution < 1.29 is 14.4 Å². The SMILES string of the molecule is O=C(O)c1cccc2onc(Br)c12. The second-order valence-electron chi connectivity index (χ2n) is 2.46. The van der Waals surface area contributed by atoms with Crippen LogP contribution in [0.25, 0.3) is 11.0 Å². The Morgan fingerprint density at radius 1 is 1.54 bits per heavy atom. The number of hydrogen-bond acceptors (Lipinski definition) is 3. The van der Waals surface area contributed by atoms with Crippen LogP contribution in [-0.2, 0) is 0 Å². The minimum Gasteiger partial charge on any atom is -0.478 e. The molecule has 1 aromatic carbocycles. The first-order chi connectivity index (χ1) is 6.20. The fraction of sp³-hybridized carbons (Fsp3) is 0. The fourth-order valence-corrected chi connectivity index (χ4v) is 1.61. The summed E-state index contributed by atoms with van der Waals surface area (Å²) in [6.07, 6.45) is 0. The van der Waals surface area contributed by atoms with Gasteiger partial charge in [-0.05, 0) is 28.1 Å². The summed E-state index contributed by atoms with van der Waals surface area (Å²) in [6.45, 7) is 0. The van der Waals surface area contributed by atoms with E-state index in [0.29, 0.717) is 15.6 Å². The third-order valence-electron chi connectivity index (χ3n) is 1.69. The van der Waals surface area contributed by atoms with E-state index >= 15 is 0 Å². The molecular weight excluding hydrogens is 238 g/mol. The Kier molecular flexibility index (Phi) is 1.81. The van der Waals surface area contributed by atoms with Gasteiger partial charge in [-0.2, -0.15) is 0 Å². The molecule has 1 aromatic heterocycles. The minimum absolute atomic E-state index is 0.186. The largest absolute Gasteiger partial charge is 0.478 e. The van der Waals surface area contributed by atoms with Crippen molar-refractivity contribution in [3.63, 3.8) is 0 Å². The van der Waals surface area contributed by atoms with E-state index in [2.05, 4.69) is 21.1 Å². The molecule has 13 heavy (non-hydrogen) atoms. The molecule has 0 aliphatic rings. The lowest BCUT2D eigenvalue weighted by atomic mass is 10.1. The topological polar surface area (TPSA) is 63.3 Å². The lowest BCUT2D eigenvalue weighted by Crippen LogP contribution is -1.96. The molecule has 0 saturated heterocycles. The van der Waals surface area contributed by atoms with Gasteiger partial charge in [0.1, 0.15) is 0 Å². The first kappa shape index (κ1) is 8.25. The molecule has 0 aliphatic heterocycles. The average molecular weight is 242 g/mol. The van der Waals surface area contributed by atoms with Crippen LogP contribution in [0.2, 0.25) is 0 Å². The first-order valence-corrected chi connectivity index (χ1v) is 4.26. The van der Waals surface area contributed by atoms with Crippen LogP contribution in [0.4, 0.5) is 0 Å². The second-order valence-corrected chi connectivity index (χ2v) is 3.21. The van der Waals surface area contributed by atoms with E-state index in [4.69, 9.17) is 9.63 Å². The summed E-state index contributed by atoms with van der Waals surface area (Å²) >= 11 is 3.12. The van der Waals surface area contributed by atoms with Crippen LogP contribution in [-0.4, -0.2) is 16.2 Å². The number of nitrogens with zero attached hydrogens (tertiary/aromatic N) is 1.